The van der Waals surface area contributed by atoms with Crippen LogP contribution in [0.5, 0.6) is 5.75 Å². The van der Waals surface area contributed by atoms with Gasteiger partial charge < -0.3 is 9.52 Å². The summed E-state index contributed by atoms with van der Waals surface area (Å²) in [6, 6.07) is 3.27. The first-order valence-electron chi connectivity index (χ1n) is 6.65. The minimum atomic E-state index is -0.465. The van der Waals surface area contributed by atoms with Crippen LogP contribution in [0.1, 0.15) is 25.0 Å². The molecule has 0 fully saturated rings. The standard InChI is InChI=1S/C15H18ClNO3/c1-4-17(5-2)8-10-7-11-9(3)6-12(18)20-15(11)13(16)14(10)19/h6-7,19H,4-5,8H2,1-3H3. The first-order valence-corrected chi connectivity index (χ1v) is 7.02. The van der Waals surface area contributed by atoms with Crippen LogP contribution in [0.15, 0.2) is 21.3 Å². The second-order valence-corrected chi connectivity index (χ2v) is 5.16. The molecule has 0 bridgehead atoms. The third-order valence-electron chi connectivity index (χ3n) is 3.52. The number of aryl methyl sites for hydroxylation is 1. The van der Waals surface area contributed by atoms with Crippen molar-refractivity contribution < 1.29 is 9.52 Å². The Balaban J connectivity index is 2.63. The third-order valence-corrected chi connectivity index (χ3v) is 3.88. The van der Waals surface area contributed by atoms with Gasteiger partial charge in [-0.25, -0.2) is 4.79 Å². The Labute approximate surface area is 122 Å². The Hall–Kier alpha value is -1.52. The minimum Gasteiger partial charge on any atom is -0.506 e. The van der Waals surface area contributed by atoms with E-state index in [2.05, 4.69) is 18.7 Å². The summed E-state index contributed by atoms with van der Waals surface area (Å²) >= 11 is 6.14. The maximum atomic E-state index is 11.4. The highest BCUT2D eigenvalue weighted by Crippen LogP contribution is 2.36. The Kier molecular flexibility index (Phi) is 4.35. The minimum absolute atomic E-state index is 0.0141. The Bertz CT molecular complexity index is 690. The fourth-order valence-electron chi connectivity index (χ4n) is 2.26. The molecule has 4 nitrogen and oxygen atoms in total. The topological polar surface area (TPSA) is 53.7 Å². The zero-order valence-electron chi connectivity index (χ0n) is 11.9. The van der Waals surface area contributed by atoms with Crippen molar-refractivity contribution in [2.75, 3.05) is 13.1 Å². The normalized spacial score (nSPS) is 11.4. The smallest absolute Gasteiger partial charge is 0.336 e. The number of hydrogen-bond donors (Lipinski definition) is 1. The van der Waals surface area contributed by atoms with E-state index in [1.54, 1.807) is 0 Å². The molecule has 2 rings (SSSR count). The highest BCUT2D eigenvalue weighted by Gasteiger charge is 2.16. The van der Waals surface area contributed by atoms with Gasteiger partial charge in [-0.2, -0.15) is 0 Å². The molecule has 5 heteroatoms. The zero-order valence-corrected chi connectivity index (χ0v) is 12.6. The lowest BCUT2D eigenvalue weighted by atomic mass is 10.1. The zero-order chi connectivity index (χ0) is 14.9. The van der Waals surface area contributed by atoms with Crippen molar-refractivity contribution in [1.82, 2.24) is 4.90 Å². The molecular weight excluding hydrogens is 278 g/mol. The summed E-state index contributed by atoms with van der Waals surface area (Å²) in [6.45, 7) is 8.32. The molecule has 0 amide bonds. The molecule has 20 heavy (non-hydrogen) atoms. The lowest BCUT2D eigenvalue weighted by molar-refractivity contribution is 0.291. The number of halogens is 1. The first-order chi connectivity index (χ1) is 9.47. The molecule has 0 aliphatic rings. The highest BCUT2D eigenvalue weighted by atomic mass is 35.5. The molecule has 0 saturated heterocycles. The van der Waals surface area contributed by atoms with E-state index in [0.29, 0.717) is 6.54 Å². The van der Waals surface area contributed by atoms with Gasteiger partial charge in [0.05, 0.1) is 0 Å². The average Bonchev–Trinajstić information content (AvgIpc) is 2.42. The second kappa shape index (κ2) is 5.85. The van der Waals surface area contributed by atoms with E-state index >= 15 is 0 Å². The van der Waals surface area contributed by atoms with Crippen LogP contribution < -0.4 is 5.63 Å². The van der Waals surface area contributed by atoms with Gasteiger partial charge in [0.25, 0.3) is 0 Å². The maximum Gasteiger partial charge on any atom is 0.336 e. The van der Waals surface area contributed by atoms with Crippen molar-refractivity contribution in [3.8, 4) is 5.75 Å². The molecule has 0 spiro atoms. The molecule has 0 aliphatic heterocycles. The van der Waals surface area contributed by atoms with Crippen LogP contribution >= 0.6 is 11.6 Å². The van der Waals surface area contributed by atoms with Crippen molar-refractivity contribution in [2.24, 2.45) is 0 Å². The van der Waals surface area contributed by atoms with Crippen LogP contribution in [0.25, 0.3) is 11.0 Å². The summed E-state index contributed by atoms with van der Waals surface area (Å²) in [5.74, 6) is -0.0141. The fourth-order valence-corrected chi connectivity index (χ4v) is 2.52. The summed E-state index contributed by atoms with van der Waals surface area (Å²) in [4.78, 5) is 13.6. The van der Waals surface area contributed by atoms with E-state index in [-0.39, 0.29) is 16.4 Å². The Morgan fingerprint density at radius 3 is 2.55 bits per heavy atom. The van der Waals surface area contributed by atoms with E-state index in [1.165, 1.54) is 6.07 Å². The van der Waals surface area contributed by atoms with Crippen LogP contribution in [0.3, 0.4) is 0 Å². The van der Waals surface area contributed by atoms with Gasteiger partial charge in [0.15, 0.2) is 5.58 Å². The highest BCUT2D eigenvalue weighted by molar-refractivity contribution is 6.36. The van der Waals surface area contributed by atoms with Crippen LogP contribution in [-0.4, -0.2) is 23.1 Å². The fraction of sp³-hybridized carbons (Fsp3) is 0.400. The molecule has 0 saturated carbocycles. The van der Waals surface area contributed by atoms with Gasteiger partial charge >= 0.3 is 5.63 Å². The summed E-state index contributed by atoms with van der Waals surface area (Å²) in [6.07, 6.45) is 0. The molecule has 1 aromatic heterocycles. The predicted octanol–water partition coefficient (Wildman–Crippen LogP) is 3.30. The van der Waals surface area contributed by atoms with Crippen LogP contribution in [0.4, 0.5) is 0 Å². The second-order valence-electron chi connectivity index (χ2n) is 4.78. The largest absolute Gasteiger partial charge is 0.506 e. The number of benzene rings is 1. The van der Waals surface area contributed by atoms with Crippen LogP contribution in [-0.2, 0) is 6.54 Å². The van der Waals surface area contributed by atoms with Gasteiger partial charge in [-0.15, -0.1) is 0 Å². The molecule has 1 N–H and O–H groups in total. The molecule has 2 aromatic rings. The number of phenolic OH excluding ortho intramolecular Hbond substituents is 1. The van der Waals surface area contributed by atoms with Gasteiger partial charge in [0.2, 0.25) is 0 Å². The van der Waals surface area contributed by atoms with E-state index in [4.69, 9.17) is 16.0 Å². The Morgan fingerprint density at radius 1 is 1.30 bits per heavy atom. The lowest BCUT2D eigenvalue weighted by Gasteiger charge is -2.19. The first kappa shape index (κ1) is 14.9. The maximum absolute atomic E-state index is 11.4. The monoisotopic (exact) mass is 295 g/mol. The molecule has 108 valence electrons. The Morgan fingerprint density at radius 2 is 1.95 bits per heavy atom. The van der Waals surface area contributed by atoms with Crippen molar-refractivity contribution in [2.45, 2.75) is 27.3 Å². The molecular formula is C15H18ClNO3. The quantitative estimate of drug-likeness (QED) is 0.879. The van der Waals surface area contributed by atoms with Crippen molar-refractivity contribution in [3.63, 3.8) is 0 Å². The van der Waals surface area contributed by atoms with Gasteiger partial charge in [0.1, 0.15) is 10.8 Å². The van der Waals surface area contributed by atoms with Crippen molar-refractivity contribution in [1.29, 1.82) is 0 Å². The summed E-state index contributed by atoms with van der Waals surface area (Å²) in [5, 5.41) is 11.1. The van der Waals surface area contributed by atoms with E-state index < -0.39 is 5.63 Å². The van der Waals surface area contributed by atoms with Gasteiger partial charge in [-0.05, 0) is 31.6 Å². The summed E-state index contributed by atoms with van der Waals surface area (Å²) in [5.41, 5.74) is 1.31. The summed E-state index contributed by atoms with van der Waals surface area (Å²) in [7, 11) is 0. The van der Waals surface area contributed by atoms with Crippen LogP contribution in [0.2, 0.25) is 5.02 Å². The molecule has 0 aliphatic carbocycles. The van der Waals surface area contributed by atoms with E-state index in [1.807, 2.05) is 13.0 Å². The number of aromatic hydroxyl groups is 1. The average molecular weight is 296 g/mol. The lowest BCUT2D eigenvalue weighted by Crippen LogP contribution is -2.22. The molecule has 1 heterocycles. The predicted molar refractivity (Wildman–Crippen MR) is 80.5 cm³/mol. The molecule has 0 radical (unpaired) electrons. The van der Waals surface area contributed by atoms with Crippen LogP contribution in [0, 0.1) is 6.92 Å². The van der Waals surface area contributed by atoms with E-state index in [9.17, 15) is 9.90 Å². The number of phenols is 1. The third kappa shape index (κ3) is 2.67. The summed E-state index contributed by atoms with van der Waals surface area (Å²) < 4.78 is 5.11. The van der Waals surface area contributed by atoms with Gasteiger partial charge in [-0.1, -0.05) is 25.4 Å². The molecule has 0 unspecified atom stereocenters. The van der Waals surface area contributed by atoms with Crippen molar-refractivity contribution >= 4 is 22.6 Å². The van der Waals surface area contributed by atoms with E-state index in [0.717, 1.165) is 29.6 Å². The number of nitrogens with zero attached hydrogens (tertiary/aromatic N) is 1. The number of hydrogen-bond acceptors (Lipinski definition) is 4. The molecule has 0 atom stereocenters. The molecule has 1 aromatic carbocycles. The van der Waals surface area contributed by atoms with Gasteiger partial charge in [0, 0.05) is 23.6 Å². The SMILES string of the molecule is CCN(CC)Cc1cc2c(C)cc(=O)oc2c(Cl)c1O. The van der Waals surface area contributed by atoms with Crippen molar-refractivity contribution in [3.05, 3.63) is 38.7 Å². The number of rotatable bonds is 4. The van der Waals surface area contributed by atoms with Gasteiger partial charge in [-0.3, -0.25) is 4.90 Å². The number of fused-ring (bicyclic) bond motifs is 1.